The van der Waals surface area contributed by atoms with Gasteiger partial charge < -0.3 is 10.0 Å². The molecule has 1 aromatic rings. The van der Waals surface area contributed by atoms with Crippen molar-refractivity contribution in [3.63, 3.8) is 0 Å². The second-order valence-electron chi connectivity index (χ2n) is 6.13. The van der Waals surface area contributed by atoms with E-state index in [2.05, 4.69) is 0 Å². The molecule has 3 nitrogen and oxygen atoms in total. The number of alkyl halides is 6. The molecule has 9 heteroatoms. The molecule has 1 heterocycles. The molecule has 130 valence electrons. The molecular weight excluding hydrogens is 338 g/mol. The number of rotatable bonds is 2. The average molecular weight is 350 g/mol. The molecule has 4 atom stereocenters. The van der Waals surface area contributed by atoms with Gasteiger partial charge in [-0.2, -0.15) is 31.6 Å². The van der Waals surface area contributed by atoms with Crippen molar-refractivity contribution in [3.05, 3.63) is 29.3 Å². The Morgan fingerprint density at radius 1 is 1.21 bits per heavy atom. The topological polar surface area (TPSA) is 47.3 Å². The summed E-state index contributed by atoms with van der Waals surface area (Å²) in [4.78, 5) is 1.17. The zero-order chi connectivity index (χ0) is 17.9. The van der Waals surface area contributed by atoms with Crippen LogP contribution in [0.25, 0.3) is 0 Å². The number of hydrogen-bond donors (Lipinski definition) is 1. The van der Waals surface area contributed by atoms with E-state index in [9.17, 15) is 31.4 Å². The Labute approximate surface area is 133 Å². The Balaban J connectivity index is 1.98. The average Bonchev–Trinajstić information content (AvgIpc) is 3.15. The van der Waals surface area contributed by atoms with Crippen LogP contribution in [0, 0.1) is 23.2 Å². The standard InChI is InChI=1S/C15H12F6N2O/c16-14(17,18)11-4-9(2-1-7(11)5-22)23-6-8-3-10(8)12(23)13(24)15(19,20)21/h1-2,4,8,10,12-13,24H,3,6H2/t8?,10-,12-,13-/m1/s1. The van der Waals surface area contributed by atoms with Gasteiger partial charge in [0.1, 0.15) is 0 Å². The summed E-state index contributed by atoms with van der Waals surface area (Å²) >= 11 is 0. The number of aliphatic hydroxyl groups excluding tert-OH is 1. The van der Waals surface area contributed by atoms with E-state index < -0.39 is 35.6 Å². The molecule has 0 amide bonds. The number of piperidine rings is 1. The van der Waals surface area contributed by atoms with E-state index in [4.69, 9.17) is 5.26 Å². The Kier molecular flexibility index (Phi) is 3.71. The zero-order valence-corrected chi connectivity index (χ0v) is 12.1. The van der Waals surface area contributed by atoms with E-state index in [0.29, 0.717) is 12.5 Å². The third-order valence-electron chi connectivity index (χ3n) is 4.63. The maximum Gasteiger partial charge on any atom is 0.417 e. The molecule has 3 rings (SSSR count). The summed E-state index contributed by atoms with van der Waals surface area (Å²) in [7, 11) is 0. The second kappa shape index (κ2) is 5.28. The number of anilines is 1. The highest BCUT2D eigenvalue weighted by atomic mass is 19.4. The van der Waals surface area contributed by atoms with Gasteiger partial charge in [-0.15, -0.1) is 0 Å². The minimum absolute atomic E-state index is 0.0584. The first-order valence-electron chi connectivity index (χ1n) is 7.17. The predicted molar refractivity (Wildman–Crippen MR) is 71.0 cm³/mol. The van der Waals surface area contributed by atoms with Crippen LogP contribution in [-0.4, -0.2) is 30.0 Å². The minimum atomic E-state index is -4.85. The summed E-state index contributed by atoms with van der Waals surface area (Å²) in [5.41, 5.74) is -1.85. The van der Waals surface area contributed by atoms with E-state index in [-0.39, 0.29) is 24.1 Å². The maximum absolute atomic E-state index is 13.0. The van der Waals surface area contributed by atoms with Crippen molar-refractivity contribution < 1.29 is 31.4 Å². The van der Waals surface area contributed by atoms with Crippen molar-refractivity contribution >= 4 is 5.69 Å². The number of nitriles is 1. The molecule has 24 heavy (non-hydrogen) atoms. The van der Waals surface area contributed by atoms with Crippen molar-refractivity contribution in [2.75, 3.05) is 11.4 Å². The molecular formula is C15H12F6N2O. The number of hydrogen-bond acceptors (Lipinski definition) is 3. The molecule has 1 aliphatic heterocycles. The van der Waals surface area contributed by atoms with Gasteiger partial charge in [0.15, 0.2) is 6.10 Å². The predicted octanol–water partition coefficient (Wildman–Crippen LogP) is 3.32. The molecule has 0 aromatic heterocycles. The van der Waals surface area contributed by atoms with E-state index in [1.165, 1.54) is 17.0 Å². The Morgan fingerprint density at radius 3 is 2.42 bits per heavy atom. The monoisotopic (exact) mass is 350 g/mol. The van der Waals surface area contributed by atoms with Crippen molar-refractivity contribution in [1.82, 2.24) is 0 Å². The molecule has 1 aliphatic carbocycles. The molecule has 0 spiro atoms. The first kappa shape index (κ1) is 16.9. The summed E-state index contributed by atoms with van der Waals surface area (Å²) in [5.74, 6) is -0.441. The lowest BCUT2D eigenvalue weighted by Gasteiger charge is -2.34. The minimum Gasteiger partial charge on any atom is -0.382 e. The fraction of sp³-hybridized carbons (Fsp3) is 0.533. The van der Waals surface area contributed by atoms with Crippen LogP contribution < -0.4 is 4.90 Å². The first-order chi connectivity index (χ1) is 11.0. The van der Waals surface area contributed by atoms with Crippen LogP contribution in [0.4, 0.5) is 32.0 Å². The van der Waals surface area contributed by atoms with E-state index in [0.717, 1.165) is 6.07 Å². The maximum atomic E-state index is 13.0. The van der Waals surface area contributed by atoms with Gasteiger partial charge in [0.05, 0.1) is 23.2 Å². The molecule has 1 aromatic carbocycles. The van der Waals surface area contributed by atoms with Crippen LogP contribution in [0.1, 0.15) is 17.5 Å². The summed E-state index contributed by atoms with van der Waals surface area (Å²) in [6, 6.07) is 2.94. The molecule has 0 radical (unpaired) electrons. The Hall–Kier alpha value is -1.95. The molecule has 1 unspecified atom stereocenters. The van der Waals surface area contributed by atoms with Crippen LogP contribution >= 0.6 is 0 Å². The van der Waals surface area contributed by atoms with Gasteiger partial charge in [-0.25, -0.2) is 0 Å². The molecule has 1 saturated heterocycles. The van der Waals surface area contributed by atoms with Gasteiger partial charge in [0.25, 0.3) is 0 Å². The number of aliphatic hydroxyl groups is 1. The van der Waals surface area contributed by atoms with Gasteiger partial charge >= 0.3 is 12.4 Å². The van der Waals surface area contributed by atoms with Crippen LogP contribution in [0.15, 0.2) is 18.2 Å². The smallest absolute Gasteiger partial charge is 0.382 e. The molecule has 2 aliphatic rings. The van der Waals surface area contributed by atoms with Crippen molar-refractivity contribution in [1.29, 1.82) is 5.26 Å². The van der Waals surface area contributed by atoms with Crippen molar-refractivity contribution in [2.24, 2.45) is 11.8 Å². The normalized spacial score (nSPS) is 27.6. The van der Waals surface area contributed by atoms with E-state index >= 15 is 0 Å². The molecule has 1 N–H and O–H groups in total. The summed E-state index contributed by atoms with van der Waals surface area (Å²) in [5, 5.41) is 18.4. The fourth-order valence-electron chi connectivity index (χ4n) is 3.42. The van der Waals surface area contributed by atoms with Crippen LogP contribution in [0.2, 0.25) is 0 Å². The lowest BCUT2D eigenvalue weighted by molar-refractivity contribution is -0.210. The third-order valence-corrected chi connectivity index (χ3v) is 4.63. The summed E-state index contributed by atoms with van der Waals surface area (Å²) < 4.78 is 77.7. The number of nitrogens with zero attached hydrogens (tertiary/aromatic N) is 2. The van der Waals surface area contributed by atoms with Gasteiger partial charge in [-0.3, -0.25) is 0 Å². The molecule has 2 fully saturated rings. The van der Waals surface area contributed by atoms with Gasteiger partial charge in [0.2, 0.25) is 0 Å². The lowest BCUT2D eigenvalue weighted by Crippen LogP contribution is -2.49. The molecule has 1 saturated carbocycles. The number of benzene rings is 1. The van der Waals surface area contributed by atoms with Gasteiger partial charge in [0, 0.05) is 12.2 Å². The highest BCUT2D eigenvalue weighted by molar-refractivity contribution is 5.57. The van der Waals surface area contributed by atoms with Crippen LogP contribution in [0.3, 0.4) is 0 Å². The quantitative estimate of drug-likeness (QED) is 0.833. The SMILES string of the molecule is N#Cc1ccc(N2CC3C[C@H]3[C@@H]2[C@@H](O)C(F)(F)F)cc1C(F)(F)F. The van der Waals surface area contributed by atoms with Gasteiger partial charge in [-0.1, -0.05) is 0 Å². The highest BCUT2D eigenvalue weighted by Gasteiger charge is 2.60. The summed E-state index contributed by atoms with van der Waals surface area (Å²) in [6.07, 6.45) is -11.7. The van der Waals surface area contributed by atoms with Crippen molar-refractivity contribution in [2.45, 2.75) is 30.9 Å². The van der Waals surface area contributed by atoms with E-state index in [1.54, 1.807) is 0 Å². The van der Waals surface area contributed by atoms with Gasteiger partial charge in [-0.05, 0) is 36.5 Å². The first-order valence-corrected chi connectivity index (χ1v) is 7.17. The highest BCUT2D eigenvalue weighted by Crippen LogP contribution is 2.53. The van der Waals surface area contributed by atoms with Crippen LogP contribution in [-0.2, 0) is 6.18 Å². The third kappa shape index (κ3) is 2.79. The van der Waals surface area contributed by atoms with E-state index in [1.807, 2.05) is 0 Å². The fourth-order valence-corrected chi connectivity index (χ4v) is 3.42. The van der Waals surface area contributed by atoms with Crippen molar-refractivity contribution in [3.8, 4) is 6.07 Å². The summed E-state index contributed by atoms with van der Waals surface area (Å²) in [6.45, 7) is 0.158. The number of halogens is 6. The lowest BCUT2D eigenvalue weighted by atomic mass is 10.0. The number of fused-ring (bicyclic) bond motifs is 1. The zero-order valence-electron chi connectivity index (χ0n) is 12.1. The Bertz CT molecular complexity index is 693. The largest absolute Gasteiger partial charge is 0.417 e. The van der Waals surface area contributed by atoms with Crippen LogP contribution in [0.5, 0.6) is 0 Å². The second-order valence-corrected chi connectivity index (χ2v) is 6.13. The Morgan fingerprint density at radius 2 is 1.88 bits per heavy atom. The molecule has 0 bridgehead atoms.